The van der Waals surface area contributed by atoms with Gasteiger partial charge in [-0.25, -0.2) is 0 Å². The molecule has 0 aliphatic heterocycles. The van der Waals surface area contributed by atoms with Gasteiger partial charge in [0.15, 0.2) is 5.76 Å². The molecule has 2 aromatic carbocycles. The molecule has 1 aliphatic rings. The molecule has 1 aromatic heterocycles. The Bertz CT molecular complexity index is 1280. The summed E-state index contributed by atoms with van der Waals surface area (Å²) in [7, 11) is -2.70. The summed E-state index contributed by atoms with van der Waals surface area (Å²) in [6.07, 6.45) is 4.44. The third kappa shape index (κ3) is 8.20. The van der Waals surface area contributed by atoms with Gasteiger partial charge in [-0.15, -0.1) is 0 Å². The molecule has 0 radical (unpaired) electrons. The number of nitrogens with zero attached hydrogens (tertiary/aromatic N) is 1. The van der Waals surface area contributed by atoms with Crippen LogP contribution in [0.2, 0.25) is 5.04 Å². The van der Waals surface area contributed by atoms with Crippen molar-refractivity contribution in [3.63, 3.8) is 0 Å². The van der Waals surface area contributed by atoms with Crippen molar-refractivity contribution >= 4 is 47.3 Å². The maximum atomic E-state index is 13.2. The average Bonchev–Trinajstić information content (AvgIpc) is 3.27. The quantitative estimate of drug-likeness (QED) is 0.107. The van der Waals surface area contributed by atoms with E-state index in [1.54, 1.807) is 0 Å². The first-order chi connectivity index (χ1) is 20.2. The Morgan fingerprint density at radius 3 is 2.02 bits per heavy atom. The van der Waals surface area contributed by atoms with Gasteiger partial charge in [0.1, 0.15) is 11.3 Å². The van der Waals surface area contributed by atoms with Crippen LogP contribution in [0.15, 0.2) is 65.2 Å². The highest BCUT2D eigenvalue weighted by molar-refractivity contribution is 14.1. The van der Waals surface area contributed by atoms with E-state index in [-0.39, 0.29) is 23.3 Å². The number of carbonyl (C=O) groups is 1. The number of ether oxygens (including phenoxy) is 1. The zero-order valence-electron chi connectivity index (χ0n) is 27.3. The second kappa shape index (κ2) is 14.0. The molecule has 0 bridgehead atoms. The summed E-state index contributed by atoms with van der Waals surface area (Å²) in [5, 5.41) is 6.97. The number of hydrogen-bond donors (Lipinski definition) is 0. The Morgan fingerprint density at radius 1 is 0.977 bits per heavy atom. The summed E-state index contributed by atoms with van der Waals surface area (Å²) >= 11 is 2.39. The zero-order chi connectivity index (χ0) is 31.4. The van der Waals surface area contributed by atoms with Crippen molar-refractivity contribution in [3.8, 4) is 0 Å². The van der Waals surface area contributed by atoms with Gasteiger partial charge in [0.25, 0.3) is 8.32 Å². The van der Waals surface area contributed by atoms with Crippen LogP contribution >= 0.6 is 22.6 Å². The fourth-order valence-electron chi connectivity index (χ4n) is 6.66. The average molecular weight is 716 g/mol. The third-order valence-electron chi connectivity index (χ3n) is 8.52. The molecule has 43 heavy (non-hydrogen) atoms. The molecule has 4 rings (SSSR count). The van der Waals surface area contributed by atoms with Gasteiger partial charge >= 0.3 is 5.97 Å². The van der Waals surface area contributed by atoms with Crippen molar-refractivity contribution in [2.75, 3.05) is 6.61 Å². The van der Waals surface area contributed by atoms with Gasteiger partial charge in [-0.3, -0.25) is 4.79 Å². The topological polar surface area (TPSA) is 61.6 Å². The summed E-state index contributed by atoms with van der Waals surface area (Å²) in [6, 6.07) is 21.4. The van der Waals surface area contributed by atoms with Crippen LogP contribution in [0, 0.1) is 15.4 Å². The summed E-state index contributed by atoms with van der Waals surface area (Å²) in [4.78, 5) is 13.2. The molecule has 5 nitrogen and oxygen atoms in total. The van der Waals surface area contributed by atoms with Crippen LogP contribution in [-0.4, -0.2) is 31.7 Å². The lowest BCUT2D eigenvalue weighted by molar-refractivity contribution is -0.155. The van der Waals surface area contributed by atoms with Crippen LogP contribution in [0.4, 0.5) is 0 Å². The van der Waals surface area contributed by atoms with Crippen LogP contribution in [0.5, 0.6) is 0 Å². The normalized spacial score (nSPS) is 18.4. The second-order valence-corrected chi connectivity index (χ2v) is 20.1. The smallest absolute Gasteiger partial charge is 0.306 e. The fourth-order valence-corrected chi connectivity index (χ4v) is 12.3. The summed E-state index contributed by atoms with van der Waals surface area (Å²) < 4.78 is 20.1. The van der Waals surface area contributed by atoms with Gasteiger partial charge in [-0.05, 0) is 96.3 Å². The summed E-state index contributed by atoms with van der Waals surface area (Å²) in [6.45, 7) is 17.7. The fraction of sp³-hybridized carbons (Fsp3) is 0.556. The maximum absolute atomic E-state index is 13.2. The van der Waals surface area contributed by atoms with Crippen LogP contribution in [0.1, 0.15) is 111 Å². The van der Waals surface area contributed by atoms with Gasteiger partial charge in [0, 0.05) is 18.4 Å². The van der Waals surface area contributed by atoms with E-state index < -0.39 is 13.9 Å². The SMILES string of the molecule is CC(C)CC1CC(c2onc([C@@H](CCO[Si](c3ccccc3)(c3ccccc3)C(C)(C)C)CC(=O)OC(C)(C)C)c2I)C1. The molecule has 1 aliphatic carbocycles. The first kappa shape index (κ1) is 33.9. The lowest BCUT2D eigenvalue weighted by atomic mass is 9.70. The molecular weight excluding hydrogens is 665 g/mol. The highest BCUT2D eigenvalue weighted by Crippen LogP contribution is 2.47. The molecule has 1 atom stereocenters. The van der Waals surface area contributed by atoms with Crippen molar-refractivity contribution < 1.29 is 18.5 Å². The molecular formula is C36H50INO4Si. The molecule has 234 valence electrons. The number of esters is 1. The van der Waals surface area contributed by atoms with Gasteiger partial charge in [-0.1, -0.05) is 100 Å². The number of hydrogen-bond acceptors (Lipinski definition) is 5. The highest BCUT2D eigenvalue weighted by Gasteiger charge is 2.50. The minimum atomic E-state index is -2.70. The second-order valence-electron chi connectivity index (χ2n) is 14.7. The molecule has 1 saturated carbocycles. The lowest BCUT2D eigenvalue weighted by Gasteiger charge is -2.43. The van der Waals surface area contributed by atoms with E-state index in [0.717, 1.165) is 33.8 Å². The van der Waals surface area contributed by atoms with Gasteiger partial charge in [-0.2, -0.15) is 0 Å². The molecule has 0 amide bonds. The standard InChI is InChI=1S/C36H50INO4Si/c1-25(2)21-26-22-28(23-26)34-32(37)33(38-42-34)27(24-31(39)41-35(3,4)5)19-20-40-43(36(6,7)8,29-15-11-9-12-16-29)30-17-13-10-14-18-30/h9-18,25-28H,19-24H2,1-8H3/t26?,27-,28?/m0/s1. The minimum Gasteiger partial charge on any atom is -0.460 e. The van der Waals surface area contributed by atoms with Gasteiger partial charge in [0.2, 0.25) is 0 Å². The Balaban J connectivity index is 1.61. The summed E-state index contributed by atoms with van der Waals surface area (Å²) in [5.41, 5.74) is 0.312. The van der Waals surface area contributed by atoms with Crippen LogP contribution < -0.4 is 10.4 Å². The number of benzene rings is 2. The first-order valence-corrected chi connectivity index (χ1v) is 18.8. The van der Waals surface area contributed by atoms with E-state index in [1.165, 1.54) is 16.8 Å². The number of rotatable bonds is 12. The van der Waals surface area contributed by atoms with Crippen molar-refractivity contribution in [2.45, 2.75) is 110 Å². The first-order valence-electron chi connectivity index (χ1n) is 15.8. The van der Waals surface area contributed by atoms with E-state index in [4.69, 9.17) is 13.7 Å². The van der Waals surface area contributed by atoms with Crippen LogP contribution in [0.25, 0.3) is 0 Å². The van der Waals surface area contributed by atoms with Crippen molar-refractivity contribution in [3.05, 3.63) is 75.7 Å². The molecule has 1 fully saturated rings. The highest BCUT2D eigenvalue weighted by atomic mass is 127. The van der Waals surface area contributed by atoms with E-state index in [1.807, 2.05) is 20.8 Å². The van der Waals surface area contributed by atoms with E-state index >= 15 is 0 Å². The van der Waals surface area contributed by atoms with Crippen molar-refractivity contribution in [1.29, 1.82) is 0 Å². The molecule has 3 aromatic rings. The van der Waals surface area contributed by atoms with Gasteiger partial charge in [0.05, 0.1) is 9.99 Å². The third-order valence-corrected chi connectivity index (χ3v) is 14.6. The number of aromatic nitrogens is 1. The molecule has 0 saturated heterocycles. The Kier molecular flexibility index (Phi) is 11.0. The monoisotopic (exact) mass is 715 g/mol. The molecule has 0 unspecified atom stereocenters. The van der Waals surface area contributed by atoms with Gasteiger partial charge < -0.3 is 13.7 Å². The predicted octanol–water partition coefficient (Wildman–Crippen LogP) is 8.60. The molecule has 1 heterocycles. The van der Waals surface area contributed by atoms with E-state index in [2.05, 4.69) is 123 Å². The predicted molar refractivity (Wildman–Crippen MR) is 186 cm³/mol. The lowest BCUT2D eigenvalue weighted by Crippen LogP contribution is -2.66. The van der Waals surface area contributed by atoms with Crippen molar-refractivity contribution in [1.82, 2.24) is 5.16 Å². The number of halogens is 1. The molecule has 0 spiro atoms. The molecule has 7 heteroatoms. The Hall–Kier alpha value is -1.97. The van der Waals surface area contributed by atoms with Crippen molar-refractivity contribution in [2.24, 2.45) is 11.8 Å². The van der Waals surface area contributed by atoms with E-state index in [9.17, 15) is 4.79 Å². The van der Waals surface area contributed by atoms with E-state index in [0.29, 0.717) is 24.9 Å². The zero-order valence-corrected chi connectivity index (χ0v) is 30.4. The molecule has 0 N–H and O–H groups in total. The number of carbonyl (C=O) groups excluding carboxylic acids is 1. The van der Waals surface area contributed by atoms with Crippen LogP contribution in [-0.2, 0) is 14.0 Å². The Morgan fingerprint density at radius 2 is 1.53 bits per heavy atom. The Labute approximate surface area is 273 Å². The largest absolute Gasteiger partial charge is 0.460 e. The summed E-state index contributed by atoms with van der Waals surface area (Å²) in [5.74, 6) is 2.48. The maximum Gasteiger partial charge on any atom is 0.306 e. The van der Waals surface area contributed by atoms with Crippen LogP contribution in [0.3, 0.4) is 0 Å². The minimum absolute atomic E-state index is 0.122.